The zero-order valence-electron chi connectivity index (χ0n) is 12.5. The van der Waals surface area contributed by atoms with Gasteiger partial charge in [0.2, 0.25) is 0 Å². The van der Waals surface area contributed by atoms with Gasteiger partial charge in [0, 0.05) is 19.2 Å². The van der Waals surface area contributed by atoms with E-state index < -0.39 is 16.2 Å². The van der Waals surface area contributed by atoms with Crippen LogP contribution in [0, 0.1) is 6.92 Å². The molecular formula is C14H20N2O4S. The lowest BCUT2D eigenvalue weighted by molar-refractivity contribution is -0.131. The van der Waals surface area contributed by atoms with Crippen molar-refractivity contribution in [3.05, 3.63) is 35.4 Å². The molecule has 0 spiro atoms. The topological polar surface area (TPSA) is 86.7 Å². The number of nitrogens with zero attached hydrogens (tertiary/aromatic N) is 1. The Morgan fingerprint density at radius 1 is 1.38 bits per heavy atom. The van der Waals surface area contributed by atoms with Crippen molar-refractivity contribution in [3.8, 4) is 0 Å². The minimum atomic E-state index is -3.60. The molecule has 0 radical (unpaired) electrons. The van der Waals surface area contributed by atoms with Crippen LogP contribution in [-0.2, 0) is 15.0 Å². The number of carboxylic acids is 1. The Morgan fingerprint density at radius 3 is 2.48 bits per heavy atom. The van der Waals surface area contributed by atoms with Crippen molar-refractivity contribution < 1.29 is 18.3 Å². The molecule has 1 rings (SSSR count). The zero-order chi connectivity index (χ0) is 16.2. The fraction of sp³-hybridized carbons (Fsp3) is 0.357. The van der Waals surface area contributed by atoms with Gasteiger partial charge in [-0.25, -0.2) is 4.79 Å². The van der Waals surface area contributed by atoms with Crippen LogP contribution in [0.25, 0.3) is 6.08 Å². The van der Waals surface area contributed by atoms with Gasteiger partial charge in [0.15, 0.2) is 0 Å². The summed E-state index contributed by atoms with van der Waals surface area (Å²) in [4.78, 5) is 10.5. The Balaban J connectivity index is 2.99. The quantitative estimate of drug-likeness (QED) is 0.787. The van der Waals surface area contributed by atoms with Gasteiger partial charge in [0.1, 0.15) is 0 Å². The van der Waals surface area contributed by atoms with E-state index in [0.29, 0.717) is 16.8 Å². The van der Waals surface area contributed by atoms with E-state index in [-0.39, 0.29) is 6.04 Å². The standard InChI is InChI=1S/C14H20N2O4S/c1-10(2)16(4)21(19,20)15-13-7-5-12(9-11(13)3)6-8-14(17)18/h5-10,15H,1-4H3,(H,17,18). The molecule has 2 N–H and O–H groups in total. The number of nitrogens with one attached hydrogen (secondary N) is 1. The molecule has 0 bridgehead atoms. The van der Waals surface area contributed by atoms with E-state index in [1.807, 2.05) is 0 Å². The number of carboxylic acid groups (broad SMARTS) is 1. The van der Waals surface area contributed by atoms with E-state index in [2.05, 4.69) is 4.72 Å². The van der Waals surface area contributed by atoms with Crippen LogP contribution in [0.4, 0.5) is 5.69 Å². The van der Waals surface area contributed by atoms with Crippen LogP contribution in [0.1, 0.15) is 25.0 Å². The number of hydrogen-bond donors (Lipinski definition) is 2. The van der Waals surface area contributed by atoms with Crippen molar-refractivity contribution in [1.29, 1.82) is 0 Å². The molecule has 1 aromatic carbocycles. The first-order valence-corrected chi connectivity index (χ1v) is 7.85. The molecule has 0 aromatic heterocycles. The minimum Gasteiger partial charge on any atom is -0.478 e. The molecule has 1 aromatic rings. The second-order valence-corrected chi connectivity index (χ2v) is 6.69. The lowest BCUT2D eigenvalue weighted by Gasteiger charge is -2.22. The van der Waals surface area contributed by atoms with Gasteiger partial charge < -0.3 is 5.11 Å². The van der Waals surface area contributed by atoms with Crippen molar-refractivity contribution in [2.24, 2.45) is 0 Å². The normalized spacial score (nSPS) is 12.3. The molecule has 0 aliphatic heterocycles. The lowest BCUT2D eigenvalue weighted by Crippen LogP contribution is -2.37. The summed E-state index contributed by atoms with van der Waals surface area (Å²) >= 11 is 0. The fourth-order valence-electron chi connectivity index (χ4n) is 1.56. The highest BCUT2D eigenvalue weighted by atomic mass is 32.2. The average molecular weight is 312 g/mol. The molecule has 0 aliphatic rings. The molecule has 116 valence electrons. The SMILES string of the molecule is Cc1cc(C=CC(=O)O)ccc1NS(=O)(=O)N(C)C(C)C. The molecule has 0 heterocycles. The van der Waals surface area contributed by atoms with Gasteiger partial charge in [-0.3, -0.25) is 4.72 Å². The van der Waals surface area contributed by atoms with E-state index >= 15 is 0 Å². The van der Waals surface area contributed by atoms with E-state index in [1.165, 1.54) is 17.4 Å². The summed E-state index contributed by atoms with van der Waals surface area (Å²) in [6.07, 6.45) is 2.49. The Morgan fingerprint density at radius 2 is 2.00 bits per heavy atom. The summed E-state index contributed by atoms with van der Waals surface area (Å²) in [5, 5.41) is 8.58. The summed E-state index contributed by atoms with van der Waals surface area (Å²) in [7, 11) is -2.10. The van der Waals surface area contributed by atoms with Gasteiger partial charge in [-0.15, -0.1) is 0 Å². The molecule has 21 heavy (non-hydrogen) atoms. The molecule has 0 atom stereocenters. The van der Waals surface area contributed by atoms with Gasteiger partial charge in [-0.1, -0.05) is 6.07 Å². The highest BCUT2D eigenvalue weighted by molar-refractivity contribution is 7.90. The molecule has 0 amide bonds. The van der Waals surface area contributed by atoms with Crippen molar-refractivity contribution in [2.75, 3.05) is 11.8 Å². The number of anilines is 1. The van der Waals surface area contributed by atoms with Crippen LogP contribution in [0.5, 0.6) is 0 Å². The van der Waals surface area contributed by atoms with Crippen molar-refractivity contribution >= 4 is 27.9 Å². The highest BCUT2D eigenvalue weighted by Gasteiger charge is 2.20. The summed E-state index contributed by atoms with van der Waals surface area (Å²) in [5.74, 6) is -1.03. The number of rotatable bonds is 6. The first kappa shape index (κ1) is 17.2. The van der Waals surface area contributed by atoms with Crippen LogP contribution in [-0.4, -0.2) is 36.9 Å². The Kier molecular flexibility index (Phi) is 5.51. The molecule has 0 unspecified atom stereocenters. The molecule has 0 aliphatic carbocycles. The maximum absolute atomic E-state index is 12.1. The number of aryl methyl sites for hydroxylation is 1. The van der Waals surface area contributed by atoms with E-state index in [4.69, 9.17) is 5.11 Å². The summed E-state index contributed by atoms with van der Waals surface area (Å²) in [6, 6.07) is 4.83. The molecule has 7 heteroatoms. The maximum Gasteiger partial charge on any atom is 0.328 e. The average Bonchev–Trinajstić information content (AvgIpc) is 2.38. The van der Waals surface area contributed by atoms with Gasteiger partial charge in [0.25, 0.3) is 0 Å². The smallest absolute Gasteiger partial charge is 0.328 e. The van der Waals surface area contributed by atoms with Crippen LogP contribution < -0.4 is 4.72 Å². The third-order valence-electron chi connectivity index (χ3n) is 3.01. The number of aliphatic carboxylic acids is 1. The van der Waals surface area contributed by atoms with E-state index in [9.17, 15) is 13.2 Å². The molecule has 0 saturated heterocycles. The third kappa shape index (κ3) is 4.87. The van der Waals surface area contributed by atoms with E-state index in [0.717, 1.165) is 6.08 Å². The molecule has 0 fully saturated rings. The predicted octanol–water partition coefficient (Wildman–Crippen LogP) is 2.09. The highest BCUT2D eigenvalue weighted by Crippen LogP contribution is 2.20. The summed E-state index contributed by atoms with van der Waals surface area (Å²) in [5.41, 5.74) is 1.87. The van der Waals surface area contributed by atoms with Crippen molar-refractivity contribution in [1.82, 2.24) is 4.31 Å². The second-order valence-electron chi connectivity index (χ2n) is 4.96. The number of carbonyl (C=O) groups is 1. The monoisotopic (exact) mass is 312 g/mol. The number of hydrogen-bond acceptors (Lipinski definition) is 3. The first-order chi connectivity index (χ1) is 9.63. The molecule has 6 nitrogen and oxygen atoms in total. The van der Waals surface area contributed by atoms with Crippen LogP contribution >= 0.6 is 0 Å². The summed E-state index contributed by atoms with van der Waals surface area (Å²) < 4.78 is 28.0. The predicted molar refractivity (Wildman–Crippen MR) is 83.3 cm³/mol. The Hall–Kier alpha value is -1.86. The third-order valence-corrected chi connectivity index (χ3v) is 4.67. The van der Waals surface area contributed by atoms with Gasteiger partial charge >= 0.3 is 16.2 Å². The van der Waals surface area contributed by atoms with Crippen molar-refractivity contribution in [3.63, 3.8) is 0 Å². The van der Waals surface area contributed by atoms with Crippen LogP contribution in [0.2, 0.25) is 0 Å². The minimum absolute atomic E-state index is 0.152. The second kappa shape index (κ2) is 6.73. The van der Waals surface area contributed by atoms with E-state index in [1.54, 1.807) is 39.0 Å². The largest absolute Gasteiger partial charge is 0.478 e. The van der Waals surface area contributed by atoms with Gasteiger partial charge in [0.05, 0.1) is 5.69 Å². The fourth-order valence-corrected chi connectivity index (χ4v) is 2.77. The van der Waals surface area contributed by atoms with Crippen LogP contribution in [0.3, 0.4) is 0 Å². The lowest BCUT2D eigenvalue weighted by atomic mass is 10.1. The first-order valence-electron chi connectivity index (χ1n) is 6.41. The summed E-state index contributed by atoms with van der Waals surface area (Å²) in [6.45, 7) is 5.32. The number of benzene rings is 1. The van der Waals surface area contributed by atoms with Gasteiger partial charge in [-0.2, -0.15) is 12.7 Å². The zero-order valence-corrected chi connectivity index (χ0v) is 13.3. The van der Waals surface area contributed by atoms with Crippen LogP contribution in [0.15, 0.2) is 24.3 Å². The molecule has 0 saturated carbocycles. The Bertz CT molecular complexity index is 651. The van der Waals surface area contributed by atoms with Crippen molar-refractivity contribution in [2.45, 2.75) is 26.8 Å². The van der Waals surface area contributed by atoms with Gasteiger partial charge in [-0.05, 0) is 50.1 Å². The molecular weight excluding hydrogens is 292 g/mol. The Labute approximate surface area is 125 Å². The maximum atomic E-state index is 12.1.